The van der Waals surface area contributed by atoms with Gasteiger partial charge in [0.25, 0.3) is 5.91 Å². The van der Waals surface area contributed by atoms with Gasteiger partial charge in [-0.05, 0) is 12.1 Å². The minimum atomic E-state index is -1.07. The van der Waals surface area contributed by atoms with Crippen LogP contribution >= 0.6 is 0 Å². The number of hydrogen-bond acceptors (Lipinski definition) is 5. The van der Waals surface area contributed by atoms with Gasteiger partial charge in [-0.15, -0.1) is 0 Å². The van der Waals surface area contributed by atoms with Crippen molar-refractivity contribution in [2.24, 2.45) is 0 Å². The first-order valence-electron chi connectivity index (χ1n) is 4.59. The molecule has 1 aromatic heterocycles. The summed E-state index contributed by atoms with van der Waals surface area (Å²) >= 11 is 0. The molecule has 0 aromatic carbocycles. The molecule has 86 valence electrons. The van der Waals surface area contributed by atoms with E-state index in [0.717, 1.165) is 0 Å². The first kappa shape index (κ1) is 12.1. The van der Waals surface area contributed by atoms with E-state index in [1.165, 1.54) is 19.4 Å². The highest BCUT2D eigenvalue weighted by molar-refractivity contribution is 5.95. The maximum atomic E-state index is 11.5. The van der Waals surface area contributed by atoms with Crippen LogP contribution in [0.5, 0.6) is 0 Å². The molecule has 6 heteroatoms. The van der Waals surface area contributed by atoms with Crippen molar-refractivity contribution in [3.8, 4) is 0 Å². The topological polar surface area (TPSA) is 88.5 Å². The van der Waals surface area contributed by atoms with Crippen LogP contribution in [0.2, 0.25) is 0 Å². The van der Waals surface area contributed by atoms with Crippen LogP contribution in [-0.2, 0) is 9.53 Å². The fraction of sp³-hybridized carbons (Fsp3) is 0.300. The van der Waals surface area contributed by atoms with Gasteiger partial charge < -0.3 is 15.2 Å². The molecule has 0 radical (unpaired) electrons. The van der Waals surface area contributed by atoms with Gasteiger partial charge in [-0.3, -0.25) is 9.78 Å². The average Bonchev–Trinajstić information content (AvgIpc) is 2.35. The monoisotopic (exact) mass is 224 g/mol. The SMILES string of the molecule is COC(=O)C(CO)NC(=O)c1ccccn1. The molecule has 1 heterocycles. The predicted molar refractivity (Wildman–Crippen MR) is 54.6 cm³/mol. The molecular weight excluding hydrogens is 212 g/mol. The fourth-order valence-corrected chi connectivity index (χ4v) is 1.05. The van der Waals surface area contributed by atoms with Gasteiger partial charge in [0.2, 0.25) is 0 Å². The first-order valence-corrected chi connectivity index (χ1v) is 4.59. The molecule has 0 saturated heterocycles. The molecule has 0 saturated carbocycles. The zero-order valence-corrected chi connectivity index (χ0v) is 8.71. The van der Waals surface area contributed by atoms with Crippen LogP contribution in [0.25, 0.3) is 0 Å². The zero-order chi connectivity index (χ0) is 12.0. The first-order chi connectivity index (χ1) is 7.69. The summed E-state index contributed by atoms with van der Waals surface area (Å²) in [6.45, 7) is -0.523. The molecule has 0 bridgehead atoms. The number of nitrogens with zero attached hydrogens (tertiary/aromatic N) is 1. The van der Waals surface area contributed by atoms with E-state index in [4.69, 9.17) is 5.11 Å². The van der Waals surface area contributed by atoms with Crippen molar-refractivity contribution in [1.82, 2.24) is 10.3 Å². The number of aliphatic hydroxyl groups is 1. The van der Waals surface area contributed by atoms with Crippen LogP contribution in [0.3, 0.4) is 0 Å². The van der Waals surface area contributed by atoms with Gasteiger partial charge >= 0.3 is 5.97 Å². The van der Waals surface area contributed by atoms with E-state index in [0.29, 0.717) is 0 Å². The third-order valence-corrected chi connectivity index (χ3v) is 1.87. The van der Waals surface area contributed by atoms with Gasteiger partial charge in [-0.2, -0.15) is 0 Å². The number of nitrogens with one attached hydrogen (secondary N) is 1. The zero-order valence-electron chi connectivity index (χ0n) is 8.71. The second kappa shape index (κ2) is 5.82. The summed E-state index contributed by atoms with van der Waals surface area (Å²) in [4.78, 5) is 26.4. The number of carbonyl (C=O) groups is 2. The van der Waals surface area contributed by atoms with Crippen LogP contribution in [0.4, 0.5) is 0 Å². The van der Waals surface area contributed by atoms with E-state index in [2.05, 4.69) is 15.0 Å². The van der Waals surface area contributed by atoms with Gasteiger partial charge in [0.15, 0.2) is 6.04 Å². The van der Waals surface area contributed by atoms with Gasteiger partial charge in [-0.1, -0.05) is 6.07 Å². The molecule has 0 spiro atoms. The molecule has 0 aliphatic carbocycles. The van der Waals surface area contributed by atoms with E-state index in [9.17, 15) is 9.59 Å². The highest BCUT2D eigenvalue weighted by Crippen LogP contribution is 1.95. The maximum Gasteiger partial charge on any atom is 0.330 e. The molecule has 6 nitrogen and oxygen atoms in total. The Bertz CT molecular complexity index is 366. The van der Waals surface area contributed by atoms with Crippen molar-refractivity contribution in [3.05, 3.63) is 30.1 Å². The number of methoxy groups -OCH3 is 1. The van der Waals surface area contributed by atoms with Crippen LogP contribution in [0, 0.1) is 0 Å². The molecule has 0 aliphatic rings. The lowest BCUT2D eigenvalue weighted by Gasteiger charge is -2.13. The van der Waals surface area contributed by atoms with Crippen LogP contribution < -0.4 is 5.32 Å². The molecule has 1 aromatic rings. The third-order valence-electron chi connectivity index (χ3n) is 1.87. The lowest BCUT2D eigenvalue weighted by molar-refractivity contribution is -0.143. The van der Waals surface area contributed by atoms with E-state index in [1.807, 2.05) is 0 Å². The Morgan fingerprint density at radius 1 is 1.56 bits per heavy atom. The lowest BCUT2D eigenvalue weighted by Crippen LogP contribution is -2.44. The predicted octanol–water partition coefficient (Wildman–Crippen LogP) is -0.655. The van der Waals surface area contributed by atoms with Gasteiger partial charge in [0.1, 0.15) is 5.69 Å². The number of hydrogen-bond donors (Lipinski definition) is 2. The van der Waals surface area contributed by atoms with E-state index < -0.39 is 24.5 Å². The van der Waals surface area contributed by atoms with Crippen LogP contribution in [0.1, 0.15) is 10.5 Å². The second-order valence-electron chi connectivity index (χ2n) is 2.95. The van der Waals surface area contributed by atoms with Crippen molar-refractivity contribution in [2.45, 2.75) is 6.04 Å². The van der Waals surface area contributed by atoms with Crippen molar-refractivity contribution < 1.29 is 19.4 Å². The second-order valence-corrected chi connectivity index (χ2v) is 2.95. The molecule has 1 amide bonds. The fourth-order valence-electron chi connectivity index (χ4n) is 1.05. The minimum absolute atomic E-state index is 0.171. The number of aliphatic hydroxyl groups excluding tert-OH is 1. The average molecular weight is 224 g/mol. The molecular formula is C10H12N2O4. The number of esters is 1. The maximum absolute atomic E-state index is 11.5. The quantitative estimate of drug-likeness (QED) is 0.663. The van der Waals surface area contributed by atoms with Crippen LogP contribution in [-0.4, -0.2) is 41.7 Å². The number of aromatic nitrogens is 1. The smallest absolute Gasteiger partial charge is 0.330 e. The van der Waals surface area contributed by atoms with Crippen LogP contribution in [0.15, 0.2) is 24.4 Å². The largest absolute Gasteiger partial charge is 0.467 e. The molecule has 1 rings (SSSR count). The highest BCUT2D eigenvalue weighted by atomic mass is 16.5. The summed E-state index contributed by atoms with van der Waals surface area (Å²) in [5, 5.41) is 11.2. The highest BCUT2D eigenvalue weighted by Gasteiger charge is 2.21. The van der Waals surface area contributed by atoms with E-state index in [-0.39, 0.29) is 5.69 Å². The molecule has 1 atom stereocenters. The minimum Gasteiger partial charge on any atom is -0.467 e. The summed E-state index contributed by atoms with van der Waals surface area (Å²) in [5.74, 6) is -1.24. The summed E-state index contributed by atoms with van der Waals surface area (Å²) in [7, 11) is 1.18. The van der Waals surface area contributed by atoms with Crippen molar-refractivity contribution in [1.29, 1.82) is 0 Å². The number of carbonyl (C=O) groups excluding carboxylic acids is 2. The van der Waals surface area contributed by atoms with E-state index >= 15 is 0 Å². The Labute approximate surface area is 92.3 Å². The number of ether oxygens (including phenoxy) is 1. The summed E-state index contributed by atoms with van der Waals surface area (Å²) < 4.78 is 4.41. The number of pyridine rings is 1. The number of rotatable bonds is 4. The number of amides is 1. The van der Waals surface area contributed by atoms with Gasteiger partial charge in [0.05, 0.1) is 13.7 Å². The molecule has 2 N–H and O–H groups in total. The Hall–Kier alpha value is -1.95. The van der Waals surface area contributed by atoms with Crippen molar-refractivity contribution in [2.75, 3.05) is 13.7 Å². The molecule has 0 fully saturated rings. The molecule has 0 aliphatic heterocycles. The van der Waals surface area contributed by atoms with E-state index in [1.54, 1.807) is 12.1 Å². The van der Waals surface area contributed by atoms with Gasteiger partial charge in [-0.25, -0.2) is 4.79 Å². The summed E-state index contributed by atoms with van der Waals surface area (Å²) in [5.41, 5.74) is 0.171. The standard InChI is InChI=1S/C10H12N2O4/c1-16-10(15)8(6-13)12-9(14)7-4-2-3-5-11-7/h2-5,8,13H,6H2,1H3,(H,12,14). The molecule has 16 heavy (non-hydrogen) atoms. The van der Waals surface area contributed by atoms with Crippen molar-refractivity contribution >= 4 is 11.9 Å². The Morgan fingerprint density at radius 3 is 2.81 bits per heavy atom. The lowest BCUT2D eigenvalue weighted by atomic mass is 10.3. The normalized spacial score (nSPS) is 11.6. The third kappa shape index (κ3) is 3.03. The Kier molecular flexibility index (Phi) is 4.41. The Morgan fingerprint density at radius 2 is 2.31 bits per heavy atom. The van der Waals surface area contributed by atoms with Crippen molar-refractivity contribution in [3.63, 3.8) is 0 Å². The molecule has 1 unspecified atom stereocenters. The Balaban J connectivity index is 2.66. The summed E-state index contributed by atoms with van der Waals surface area (Å²) in [6, 6.07) is 3.75. The van der Waals surface area contributed by atoms with Gasteiger partial charge in [0, 0.05) is 6.20 Å². The summed E-state index contributed by atoms with van der Waals surface area (Å²) in [6.07, 6.45) is 1.46.